The fraction of sp³-hybridized carbons (Fsp3) is 0.619. The van der Waals surface area contributed by atoms with Crippen LogP contribution in [0.1, 0.15) is 66.7 Å². The molecule has 0 aliphatic heterocycles. The third kappa shape index (κ3) is 5.39. The summed E-state index contributed by atoms with van der Waals surface area (Å²) in [6.07, 6.45) is 10.2. The Bertz CT molecular complexity index is 488. The number of nitrogens with two attached hydrogens (primary N) is 1. The molecule has 1 rings (SSSR count). The maximum absolute atomic E-state index is 6.29. The van der Waals surface area contributed by atoms with Crippen molar-refractivity contribution in [2.24, 2.45) is 5.73 Å². The van der Waals surface area contributed by atoms with E-state index in [4.69, 9.17) is 5.73 Å². The van der Waals surface area contributed by atoms with Crippen LogP contribution in [-0.2, 0) is 0 Å². The van der Waals surface area contributed by atoms with Gasteiger partial charge in [0.2, 0.25) is 0 Å². The topological polar surface area (TPSA) is 29.3 Å². The van der Waals surface area contributed by atoms with E-state index < -0.39 is 0 Å². The van der Waals surface area contributed by atoms with Gasteiger partial charge in [-0.3, -0.25) is 0 Å². The number of rotatable bonds is 9. The quantitative estimate of drug-likeness (QED) is 0.582. The standard InChI is InChI=1S/C21H36N2/c1-7-13-23(14-8-2)20-12-10-11-17(6)21(20)18(9-3)15-19(22)16(4)5/h9,11,19H,4,7-8,10,12-15,22H2,1-3,5-6H3/b18-9-. The molecule has 0 aromatic rings. The first kappa shape index (κ1) is 19.8. The highest BCUT2D eigenvalue weighted by atomic mass is 15.1. The molecule has 1 atom stereocenters. The zero-order valence-electron chi connectivity index (χ0n) is 15.9. The van der Waals surface area contributed by atoms with E-state index in [0.29, 0.717) is 0 Å². The second-order valence-electron chi connectivity index (χ2n) is 6.71. The SMILES string of the molecule is C=C(C)C(N)C/C(=C/C)C1=C(N(CCC)CCC)CCC=C1C. The molecule has 0 bridgehead atoms. The average Bonchev–Trinajstić information content (AvgIpc) is 2.52. The van der Waals surface area contributed by atoms with Crippen molar-refractivity contribution in [3.63, 3.8) is 0 Å². The lowest BCUT2D eigenvalue weighted by Gasteiger charge is -2.33. The van der Waals surface area contributed by atoms with Gasteiger partial charge in [-0.2, -0.15) is 0 Å². The molecular weight excluding hydrogens is 280 g/mol. The Morgan fingerprint density at radius 2 is 1.96 bits per heavy atom. The third-order valence-electron chi connectivity index (χ3n) is 4.63. The van der Waals surface area contributed by atoms with Crippen LogP contribution in [0, 0.1) is 0 Å². The molecule has 1 aliphatic carbocycles. The van der Waals surface area contributed by atoms with Gasteiger partial charge in [0, 0.05) is 24.8 Å². The smallest absolute Gasteiger partial charge is 0.0289 e. The lowest BCUT2D eigenvalue weighted by Crippen LogP contribution is -2.29. The molecule has 0 radical (unpaired) electrons. The van der Waals surface area contributed by atoms with E-state index in [-0.39, 0.29) is 6.04 Å². The van der Waals surface area contributed by atoms with Gasteiger partial charge in [-0.15, -0.1) is 0 Å². The van der Waals surface area contributed by atoms with Crippen LogP contribution in [0.25, 0.3) is 0 Å². The summed E-state index contributed by atoms with van der Waals surface area (Å²) in [5.74, 6) is 0. The molecule has 130 valence electrons. The number of hydrogen-bond acceptors (Lipinski definition) is 2. The zero-order chi connectivity index (χ0) is 17.4. The van der Waals surface area contributed by atoms with Crippen molar-refractivity contribution >= 4 is 0 Å². The first-order valence-electron chi connectivity index (χ1n) is 9.17. The molecule has 0 saturated carbocycles. The Morgan fingerprint density at radius 1 is 1.35 bits per heavy atom. The summed E-state index contributed by atoms with van der Waals surface area (Å²) in [7, 11) is 0. The van der Waals surface area contributed by atoms with Gasteiger partial charge >= 0.3 is 0 Å². The normalized spacial score (nSPS) is 17.1. The molecule has 0 fully saturated rings. The van der Waals surface area contributed by atoms with Crippen LogP contribution in [0.3, 0.4) is 0 Å². The Morgan fingerprint density at radius 3 is 2.43 bits per heavy atom. The zero-order valence-corrected chi connectivity index (χ0v) is 15.9. The molecule has 0 amide bonds. The van der Waals surface area contributed by atoms with Crippen molar-refractivity contribution in [3.05, 3.63) is 46.7 Å². The van der Waals surface area contributed by atoms with Crippen LogP contribution >= 0.6 is 0 Å². The highest BCUT2D eigenvalue weighted by molar-refractivity contribution is 5.51. The summed E-state index contributed by atoms with van der Waals surface area (Å²) >= 11 is 0. The van der Waals surface area contributed by atoms with Crippen LogP contribution in [-0.4, -0.2) is 24.0 Å². The molecule has 2 N–H and O–H groups in total. The predicted molar refractivity (Wildman–Crippen MR) is 103 cm³/mol. The minimum absolute atomic E-state index is 0.0375. The number of allylic oxidation sites excluding steroid dienone is 5. The van der Waals surface area contributed by atoms with Crippen molar-refractivity contribution in [3.8, 4) is 0 Å². The highest BCUT2D eigenvalue weighted by Crippen LogP contribution is 2.35. The second-order valence-corrected chi connectivity index (χ2v) is 6.71. The van der Waals surface area contributed by atoms with E-state index in [2.05, 4.69) is 51.3 Å². The molecule has 0 saturated heterocycles. The summed E-state index contributed by atoms with van der Waals surface area (Å²) in [4.78, 5) is 2.60. The molecule has 1 aliphatic rings. The van der Waals surface area contributed by atoms with Crippen LogP contribution in [0.4, 0.5) is 0 Å². The van der Waals surface area contributed by atoms with Gasteiger partial charge < -0.3 is 10.6 Å². The molecule has 1 unspecified atom stereocenters. The van der Waals surface area contributed by atoms with Crippen molar-refractivity contribution in [1.29, 1.82) is 0 Å². The molecule has 0 spiro atoms. The van der Waals surface area contributed by atoms with Gasteiger partial charge in [-0.25, -0.2) is 0 Å². The highest BCUT2D eigenvalue weighted by Gasteiger charge is 2.22. The molecule has 0 aromatic heterocycles. The van der Waals surface area contributed by atoms with Gasteiger partial charge in [0.1, 0.15) is 0 Å². The van der Waals surface area contributed by atoms with Gasteiger partial charge in [-0.05, 0) is 69.6 Å². The van der Waals surface area contributed by atoms with Gasteiger partial charge in [-0.1, -0.05) is 38.2 Å². The third-order valence-corrected chi connectivity index (χ3v) is 4.63. The van der Waals surface area contributed by atoms with Crippen molar-refractivity contribution in [2.75, 3.05) is 13.1 Å². The Labute approximate surface area is 143 Å². The number of nitrogens with zero attached hydrogens (tertiary/aromatic N) is 1. The molecule has 2 nitrogen and oxygen atoms in total. The van der Waals surface area contributed by atoms with Crippen LogP contribution in [0.2, 0.25) is 0 Å². The van der Waals surface area contributed by atoms with E-state index in [9.17, 15) is 0 Å². The van der Waals surface area contributed by atoms with Crippen molar-refractivity contribution in [1.82, 2.24) is 4.90 Å². The van der Waals surface area contributed by atoms with Crippen LogP contribution < -0.4 is 5.73 Å². The largest absolute Gasteiger partial charge is 0.374 e. The lowest BCUT2D eigenvalue weighted by molar-refractivity contribution is 0.328. The molecule has 0 aromatic carbocycles. The number of hydrogen-bond donors (Lipinski definition) is 1. The first-order valence-corrected chi connectivity index (χ1v) is 9.17. The summed E-state index contributed by atoms with van der Waals surface area (Å²) in [6.45, 7) is 17.3. The van der Waals surface area contributed by atoms with Gasteiger partial charge in [0.25, 0.3) is 0 Å². The second kappa shape index (κ2) is 9.77. The Hall–Kier alpha value is -1.28. The van der Waals surface area contributed by atoms with E-state index in [1.807, 2.05) is 6.92 Å². The maximum Gasteiger partial charge on any atom is 0.0289 e. The van der Waals surface area contributed by atoms with E-state index in [1.54, 1.807) is 0 Å². The fourth-order valence-corrected chi connectivity index (χ4v) is 3.33. The van der Waals surface area contributed by atoms with Gasteiger partial charge in [0.15, 0.2) is 0 Å². The molecule has 2 heteroatoms. The fourth-order valence-electron chi connectivity index (χ4n) is 3.33. The molecule has 23 heavy (non-hydrogen) atoms. The maximum atomic E-state index is 6.29. The van der Waals surface area contributed by atoms with E-state index >= 15 is 0 Å². The van der Waals surface area contributed by atoms with Crippen LogP contribution in [0.15, 0.2) is 46.7 Å². The van der Waals surface area contributed by atoms with E-state index in [1.165, 1.54) is 35.3 Å². The predicted octanol–water partition coefficient (Wildman–Crippen LogP) is 5.34. The van der Waals surface area contributed by atoms with Crippen molar-refractivity contribution < 1.29 is 0 Å². The summed E-state index contributed by atoms with van der Waals surface area (Å²) in [5, 5.41) is 0. The minimum atomic E-state index is 0.0375. The molecule has 0 heterocycles. The summed E-state index contributed by atoms with van der Waals surface area (Å²) < 4.78 is 0. The lowest BCUT2D eigenvalue weighted by atomic mass is 9.85. The Balaban J connectivity index is 3.24. The minimum Gasteiger partial charge on any atom is -0.374 e. The van der Waals surface area contributed by atoms with Crippen LogP contribution in [0.5, 0.6) is 0 Å². The van der Waals surface area contributed by atoms with Crippen molar-refractivity contribution in [2.45, 2.75) is 72.8 Å². The summed E-state index contributed by atoms with van der Waals surface area (Å²) in [5.41, 5.74) is 13.1. The van der Waals surface area contributed by atoms with E-state index in [0.717, 1.165) is 37.9 Å². The molecular formula is C21H36N2. The Kier molecular flexibility index (Phi) is 8.40. The van der Waals surface area contributed by atoms with Gasteiger partial charge in [0.05, 0.1) is 0 Å². The first-order chi connectivity index (χ1) is 11.0. The summed E-state index contributed by atoms with van der Waals surface area (Å²) in [6, 6.07) is 0.0375. The average molecular weight is 317 g/mol. The monoisotopic (exact) mass is 316 g/mol.